The van der Waals surface area contributed by atoms with E-state index in [1.807, 2.05) is 4.90 Å². The van der Waals surface area contributed by atoms with Crippen LogP contribution in [-0.4, -0.2) is 37.0 Å². The largest absolute Gasteiger partial charge is 0.340 e. The molecule has 3 nitrogen and oxygen atoms in total. The first kappa shape index (κ1) is 12.6. The Hall–Kier alpha value is -1.42. The molecule has 1 heterocycles. The van der Waals surface area contributed by atoms with Crippen molar-refractivity contribution in [2.45, 2.75) is 18.8 Å². The first-order valence-electron chi connectivity index (χ1n) is 7.00. The Labute approximate surface area is 112 Å². The molecule has 0 bridgehead atoms. The average Bonchev–Trinajstić information content (AvgIpc) is 3.27. The molecule has 19 heavy (non-hydrogen) atoms. The van der Waals surface area contributed by atoms with Crippen LogP contribution in [0.2, 0.25) is 0 Å². The van der Waals surface area contributed by atoms with Crippen LogP contribution in [0, 0.1) is 11.7 Å². The van der Waals surface area contributed by atoms with Gasteiger partial charge in [0, 0.05) is 26.2 Å². The predicted octanol–water partition coefficient (Wildman–Crippen LogP) is 1.75. The SMILES string of the molecule is O=C(C(c1ccc(F)cc1)C1CC1)N1CCNCC1. The van der Waals surface area contributed by atoms with Gasteiger partial charge in [0.15, 0.2) is 0 Å². The lowest BCUT2D eigenvalue weighted by Crippen LogP contribution is -2.48. The Morgan fingerprint density at radius 2 is 1.84 bits per heavy atom. The van der Waals surface area contributed by atoms with Crippen LogP contribution in [0.4, 0.5) is 4.39 Å². The summed E-state index contributed by atoms with van der Waals surface area (Å²) in [6, 6.07) is 6.43. The molecule has 1 N–H and O–H groups in total. The van der Waals surface area contributed by atoms with E-state index in [2.05, 4.69) is 5.32 Å². The maximum atomic E-state index is 13.0. The third-order valence-electron chi connectivity index (χ3n) is 4.02. The Balaban J connectivity index is 1.80. The second-order valence-corrected chi connectivity index (χ2v) is 5.44. The van der Waals surface area contributed by atoms with Gasteiger partial charge in [-0.15, -0.1) is 0 Å². The number of carbonyl (C=O) groups is 1. The van der Waals surface area contributed by atoms with Crippen molar-refractivity contribution in [3.8, 4) is 0 Å². The van der Waals surface area contributed by atoms with Crippen molar-refractivity contribution in [2.75, 3.05) is 26.2 Å². The minimum atomic E-state index is -0.243. The molecule has 102 valence electrons. The lowest BCUT2D eigenvalue weighted by Gasteiger charge is -2.31. The summed E-state index contributed by atoms with van der Waals surface area (Å²) >= 11 is 0. The highest BCUT2D eigenvalue weighted by Gasteiger charge is 2.39. The molecule has 1 amide bonds. The molecule has 2 fully saturated rings. The Bertz CT molecular complexity index is 450. The van der Waals surface area contributed by atoms with Crippen molar-refractivity contribution in [3.63, 3.8) is 0 Å². The molecule has 0 aromatic heterocycles. The molecule has 1 aliphatic heterocycles. The van der Waals surface area contributed by atoms with Gasteiger partial charge in [-0.1, -0.05) is 12.1 Å². The molecule has 1 aromatic rings. The van der Waals surface area contributed by atoms with Crippen LogP contribution in [0.5, 0.6) is 0 Å². The van der Waals surface area contributed by atoms with Gasteiger partial charge in [-0.3, -0.25) is 4.79 Å². The van der Waals surface area contributed by atoms with Gasteiger partial charge in [0.25, 0.3) is 0 Å². The first-order valence-corrected chi connectivity index (χ1v) is 7.00. The number of carbonyl (C=O) groups excluding carboxylic acids is 1. The highest BCUT2D eigenvalue weighted by Crippen LogP contribution is 2.43. The zero-order valence-corrected chi connectivity index (χ0v) is 10.9. The number of amides is 1. The van der Waals surface area contributed by atoms with E-state index in [0.717, 1.165) is 44.6 Å². The van der Waals surface area contributed by atoms with E-state index in [1.54, 1.807) is 12.1 Å². The second kappa shape index (κ2) is 5.29. The molecule has 0 spiro atoms. The van der Waals surface area contributed by atoms with Crippen LogP contribution >= 0.6 is 0 Å². The summed E-state index contributed by atoms with van der Waals surface area (Å²) in [5, 5.41) is 3.26. The monoisotopic (exact) mass is 262 g/mol. The molecule has 3 rings (SSSR count). The minimum Gasteiger partial charge on any atom is -0.340 e. The topological polar surface area (TPSA) is 32.3 Å². The number of benzene rings is 1. The predicted molar refractivity (Wildman–Crippen MR) is 71.3 cm³/mol. The van der Waals surface area contributed by atoms with Crippen molar-refractivity contribution in [3.05, 3.63) is 35.6 Å². The van der Waals surface area contributed by atoms with Gasteiger partial charge in [0.2, 0.25) is 5.91 Å². The molecule has 1 aromatic carbocycles. The van der Waals surface area contributed by atoms with E-state index in [-0.39, 0.29) is 17.6 Å². The average molecular weight is 262 g/mol. The van der Waals surface area contributed by atoms with Gasteiger partial charge in [-0.25, -0.2) is 4.39 Å². The summed E-state index contributed by atoms with van der Waals surface area (Å²) in [5.74, 6) is 0.357. The van der Waals surface area contributed by atoms with Crippen LogP contribution in [0.15, 0.2) is 24.3 Å². The number of nitrogens with zero attached hydrogens (tertiary/aromatic N) is 1. The molecular formula is C15H19FN2O. The fourth-order valence-electron chi connectivity index (χ4n) is 2.80. The maximum absolute atomic E-state index is 13.0. The van der Waals surface area contributed by atoms with Crippen LogP contribution in [0.3, 0.4) is 0 Å². The summed E-state index contributed by atoms with van der Waals surface area (Å²) in [7, 11) is 0. The third kappa shape index (κ3) is 2.78. The van der Waals surface area contributed by atoms with Gasteiger partial charge in [0.1, 0.15) is 5.82 Å². The van der Waals surface area contributed by atoms with Gasteiger partial charge in [-0.2, -0.15) is 0 Å². The molecule has 0 radical (unpaired) electrons. The van der Waals surface area contributed by atoms with Gasteiger partial charge in [0.05, 0.1) is 5.92 Å². The van der Waals surface area contributed by atoms with Crippen molar-refractivity contribution in [1.29, 1.82) is 0 Å². The lowest BCUT2D eigenvalue weighted by atomic mass is 9.92. The second-order valence-electron chi connectivity index (χ2n) is 5.44. The Morgan fingerprint density at radius 1 is 1.21 bits per heavy atom. The highest BCUT2D eigenvalue weighted by atomic mass is 19.1. The van der Waals surface area contributed by atoms with Crippen LogP contribution < -0.4 is 5.32 Å². The van der Waals surface area contributed by atoms with Crippen molar-refractivity contribution in [2.24, 2.45) is 5.92 Å². The van der Waals surface area contributed by atoms with E-state index < -0.39 is 0 Å². The number of halogens is 1. The lowest BCUT2D eigenvalue weighted by molar-refractivity contribution is -0.133. The summed E-state index contributed by atoms with van der Waals surface area (Å²) in [6.07, 6.45) is 2.22. The van der Waals surface area contributed by atoms with Crippen molar-refractivity contribution >= 4 is 5.91 Å². The fourth-order valence-corrected chi connectivity index (χ4v) is 2.80. The Kier molecular flexibility index (Phi) is 3.51. The summed E-state index contributed by atoms with van der Waals surface area (Å²) < 4.78 is 13.0. The molecule has 2 aliphatic rings. The van der Waals surface area contributed by atoms with E-state index in [1.165, 1.54) is 12.1 Å². The van der Waals surface area contributed by atoms with Gasteiger partial charge >= 0.3 is 0 Å². The molecule has 1 aliphatic carbocycles. The zero-order valence-electron chi connectivity index (χ0n) is 10.9. The molecule has 1 saturated heterocycles. The zero-order chi connectivity index (χ0) is 13.2. The number of rotatable bonds is 3. The van der Waals surface area contributed by atoms with E-state index in [4.69, 9.17) is 0 Å². The van der Waals surface area contributed by atoms with Crippen LogP contribution in [-0.2, 0) is 4.79 Å². The number of hydrogen-bond donors (Lipinski definition) is 1. The maximum Gasteiger partial charge on any atom is 0.230 e. The smallest absolute Gasteiger partial charge is 0.230 e. The summed E-state index contributed by atoms with van der Waals surface area (Å²) in [6.45, 7) is 3.30. The number of nitrogens with one attached hydrogen (secondary N) is 1. The van der Waals surface area contributed by atoms with E-state index >= 15 is 0 Å². The van der Waals surface area contributed by atoms with Crippen molar-refractivity contribution in [1.82, 2.24) is 10.2 Å². The van der Waals surface area contributed by atoms with Crippen LogP contribution in [0.25, 0.3) is 0 Å². The molecule has 1 unspecified atom stereocenters. The van der Waals surface area contributed by atoms with Gasteiger partial charge < -0.3 is 10.2 Å². The highest BCUT2D eigenvalue weighted by molar-refractivity contribution is 5.84. The molecule has 1 saturated carbocycles. The quantitative estimate of drug-likeness (QED) is 0.900. The minimum absolute atomic E-state index is 0.0706. The fraction of sp³-hybridized carbons (Fsp3) is 0.533. The van der Waals surface area contributed by atoms with Gasteiger partial charge in [-0.05, 0) is 36.5 Å². The molecule has 1 atom stereocenters. The normalized spacial score (nSPS) is 21.2. The Morgan fingerprint density at radius 3 is 2.42 bits per heavy atom. The summed E-state index contributed by atoms with van der Waals surface area (Å²) in [4.78, 5) is 14.6. The molecular weight excluding hydrogens is 243 g/mol. The first-order chi connectivity index (χ1) is 9.25. The number of hydrogen-bond acceptors (Lipinski definition) is 2. The molecule has 4 heteroatoms. The van der Waals surface area contributed by atoms with E-state index in [9.17, 15) is 9.18 Å². The third-order valence-corrected chi connectivity index (χ3v) is 4.02. The number of piperazine rings is 1. The summed E-state index contributed by atoms with van der Waals surface area (Å²) in [5.41, 5.74) is 0.965. The van der Waals surface area contributed by atoms with Crippen LogP contribution in [0.1, 0.15) is 24.3 Å². The van der Waals surface area contributed by atoms with Crippen molar-refractivity contribution < 1.29 is 9.18 Å². The van der Waals surface area contributed by atoms with E-state index in [0.29, 0.717) is 5.92 Å². The standard InChI is InChI=1S/C15H19FN2O/c16-13-5-3-12(4-6-13)14(11-1-2-11)15(19)18-9-7-17-8-10-18/h3-6,11,14,17H,1-2,7-10H2.